The number of carbonyl (C=O) groups excluding carboxylic acids is 1. The molecule has 0 radical (unpaired) electrons. The largest absolute Gasteiger partial charge is 0.493 e. The molecule has 1 aromatic heterocycles. The number of hydrogen-bond acceptors (Lipinski definition) is 5. The van der Waals surface area contributed by atoms with Gasteiger partial charge in [0, 0.05) is 25.6 Å². The van der Waals surface area contributed by atoms with Gasteiger partial charge < -0.3 is 23.8 Å². The van der Waals surface area contributed by atoms with Gasteiger partial charge in [-0.25, -0.2) is 4.79 Å². The van der Waals surface area contributed by atoms with Crippen LogP contribution in [0.5, 0.6) is 23.0 Å². The van der Waals surface area contributed by atoms with Gasteiger partial charge in [0.1, 0.15) is 0 Å². The Bertz CT molecular complexity index is 1560. The summed E-state index contributed by atoms with van der Waals surface area (Å²) in [6, 6.07) is 20.8. The van der Waals surface area contributed by atoms with Crippen LogP contribution in [0, 0.1) is 5.92 Å². The Balaban J connectivity index is 1.14. The van der Waals surface area contributed by atoms with E-state index in [2.05, 4.69) is 53.2 Å². The van der Waals surface area contributed by atoms with Crippen molar-refractivity contribution in [1.29, 1.82) is 0 Å². The Morgan fingerprint density at radius 2 is 1.82 bits per heavy atom. The van der Waals surface area contributed by atoms with E-state index in [0.717, 1.165) is 65.8 Å². The summed E-state index contributed by atoms with van der Waals surface area (Å²) in [6.07, 6.45) is 5.63. The molecule has 0 bridgehead atoms. The molecule has 7 rings (SSSR count). The Morgan fingerprint density at radius 3 is 2.62 bits per heavy atom. The number of benzene rings is 3. The summed E-state index contributed by atoms with van der Waals surface area (Å²) in [5, 5.41) is 1.84. The van der Waals surface area contributed by atoms with Crippen molar-refractivity contribution in [2.75, 3.05) is 27.0 Å². The summed E-state index contributed by atoms with van der Waals surface area (Å²) in [5.74, 6) is 3.19. The number of piperidine rings is 1. The van der Waals surface area contributed by atoms with E-state index in [4.69, 9.17) is 18.9 Å². The van der Waals surface area contributed by atoms with Crippen molar-refractivity contribution >= 4 is 16.9 Å². The fourth-order valence-corrected chi connectivity index (χ4v) is 6.08. The SMILES string of the molecule is COc1ccc2cc3[n+](cc2c1OC(=O)N1CCC(Cc2ccccc2)CC1)CCc1cc2c(cc1-3)OCO2. The lowest BCUT2D eigenvalue weighted by Crippen LogP contribution is -2.41. The Hall–Kier alpha value is -4.26. The molecule has 1 saturated heterocycles. The van der Waals surface area contributed by atoms with Gasteiger partial charge in [-0.15, -0.1) is 0 Å². The number of likely N-dealkylation sites (tertiary alicyclic amines) is 1. The topological polar surface area (TPSA) is 61.1 Å². The van der Waals surface area contributed by atoms with E-state index < -0.39 is 0 Å². The van der Waals surface area contributed by atoms with Crippen LogP contribution in [0.25, 0.3) is 22.0 Å². The highest BCUT2D eigenvalue weighted by Gasteiger charge is 2.30. The molecule has 7 heteroatoms. The lowest BCUT2D eigenvalue weighted by Gasteiger charge is -2.31. The van der Waals surface area contributed by atoms with E-state index >= 15 is 0 Å². The first-order valence-electron chi connectivity index (χ1n) is 13.6. The fraction of sp³-hybridized carbons (Fsp3) is 0.312. The summed E-state index contributed by atoms with van der Waals surface area (Å²) in [7, 11) is 1.61. The Morgan fingerprint density at radius 1 is 1.03 bits per heavy atom. The van der Waals surface area contributed by atoms with Crippen molar-refractivity contribution in [3.63, 3.8) is 0 Å². The summed E-state index contributed by atoms with van der Waals surface area (Å²) >= 11 is 0. The van der Waals surface area contributed by atoms with E-state index in [1.165, 1.54) is 11.1 Å². The number of methoxy groups -OCH3 is 1. The highest BCUT2D eigenvalue weighted by Crippen LogP contribution is 2.42. The molecule has 4 aromatic rings. The molecule has 0 atom stereocenters. The molecule has 0 aliphatic carbocycles. The number of pyridine rings is 1. The number of aryl methyl sites for hydroxylation is 2. The molecule has 1 amide bonds. The lowest BCUT2D eigenvalue weighted by molar-refractivity contribution is -0.686. The van der Waals surface area contributed by atoms with Gasteiger partial charge in [-0.05, 0) is 66.0 Å². The minimum absolute atomic E-state index is 0.259. The third-order valence-corrected chi connectivity index (χ3v) is 8.23. The fourth-order valence-electron chi connectivity index (χ4n) is 6.08. The van der Waals surface area contributed by atoms with Gasteiger partial charge in [-0.3, -0.25) is 0 Å². The molecule has 0 spiro atoms. The Labute approximate surface area is 227 Å². The first kappa shape index (κ1) is 23.8. The van der Waals surface area contributed by atoms with E-state index in [1.807, 2.05) is 23.1 Å². The van der Waals surface area contributed by atoms with Crippen LogP contribution >= 0.6 is 0 Å². The quantitative estimate of drug-likeness (QED) is 0.329. The van der Waals surface area contributed by atoms with Gasteiger partial charge in [-0.2, -0.15) is 4.57 Å². The maximum Gasteiger partial charge on any atom is 0.415 e. The monoisotopic (exact) mass is 523 g/mol. The van der Waals surface area contributed by atoms with Crippen molar-refractivity contribution < 1.29 is 28.3 Å². The zero-order valence-corrected chi connectivity index (χ0v) is 22.0. The molecule has 4 heterocycles. The molecule has 198 valence electrons. The third-order valence-electron chi connectivity index (χ3n) is 8.23. The van der Waals surface area contributed by atoms with Crippen LogP contribution < -0.4 is 23.5 Å². The van der Waals surface area contributed by atoms with Crippen LogP contribution in [0.15, 0.2) is 66.9 Å². The zero-order valence-electron chi connectivity index (χ0n) is 22.0. The molecule has 3 aliphatic rings. The standard InChI is InChI=1S/C32H31N2O5/c1-36-28-8-7-23-16-27-25-18-30-29(37-20-38-30)17-24(25)11-14-34(27)19-26(23)31(28)39-32(35)33-12-9-22(10-13-33)15-21-5-3-2-4-6-21/h2-8,16-19,22H,9-15,20H2,1H3/q+1. The normalized spacial score (nSPS) is 16.1. The van der Waals surface area contributed by atoms with Crippen LogP contribution in [0.3, 0.4) is 0 Å². The predicted molar refractivity (Wildman–Crippen MR) is 146 cm³/mol. The van der Waals surface area contributed by atoms with Gasteiger partial charge in [-0.1, -0.05) is 30.3 Å². The van der Waals surface area contributed by atoms with E-state index in [1.54, 1.807) is 7.11 Å². The van der Waals surface area contributed by atoms with Crippen molar-refractivity contribution in [1.82, 2.24) is 4.90 Å². The van der Waals surface area contributed by atoms with Crippen LogP contribution in [0.2, 0.25) is 0 Å². The average molecular weight is 524 g/mol. The molecule has 1 fully saturated rings. The number of amides is 1. The maximum absolute atomic E-state index is 13.3. The molecule has 3 aromatic carbocycles. The number of carbonyl (C=O) groups is 1. The lowest BCUT2D eigenvalue weighted by atomic mass is 9.90. The van der Waals surface area contributed by atoms with Crippen molar-refractivity contribution in [3.8, 4) is 34.3 Å². The summed E-state index contributed by atoms with van der Waals surface area (Å²) in [6.45, 7) is 2.47. The third kappa shape index (κ3) is 4.42. The maximum atomic E-state index is 13.3. The number of rotatable bonds is 4. The molecule has 7 nitrogen and oxygen atoms in total. The van der Waals surface area contributed by atoms with Gasteiger partial charge >= 0.3 is 6.09 Å². The minimum atomic E-state index is -0.320. The number of ether oxygens (including phenoxy) is 4. The van der Waals surface area contributed by atoms with Gasteiger partial charge in [0.15, 0.2) is 35.7 Å². The minimum Gasteiger partial charge on any atom is -0.493 e. The predicted octanol–water partition coefficient (Wildman–Crippen LogP) is 5.54. The second-order valence-electron chi connectivity index (χ2n) is 10.6. The second-order valence-corrected chi connectivity index (χ2v) is 10.6. The molecule has 0 N–H and O–H groups in total. The van der Waals surface area contributed by atoms with Crippen molar-refractivity contribution in [3.05, 3.63) is 78.0 Å². The summed E-state index contributed by atoms with van der Waals surface area (Å²) in [4.78, 5) is 15.1. The van der Waals surface area contributed by atoms with Crippen LogP contribution in [0.1, 0.15) is 24.0 Å². The first-order valence-corrected chi connectivity index (χ1v) is 13.6. The number of hydrogen-bond donors (Lipinski definition) is 0. The molecule has 0 unspecified atom stereocenters. The number of aromatic nitrogens is 1. The average Bonchev–Trinajstić information content (AvgIpc) is 3.44. The van der Waals surface area contributed by atoms with Crippen molar-refractivity contribution in [2.24, 2.45) is 5.92 Å². The van der Waals surface area contributed by atoms with Crippen molar-refractivity contribution in [2.45, 2.75) is 32.2 Å². The van der Waals surface area contributed by atoms with Crippen LogP contribution in [-0.4, -0.2) is 38.0 Å². The van der Waals surface area contributed by atoms with Gasteiger partial charge in [0.25, 0.3) is 0 Å². The van der Waals surface area contributed by atoms with E-state index in [-0.39, 0.29) is 12.9 Å². The number of fused-ring (bicyclic) bond motifs is 5. The Kier molecular flexibility index (Phi) is 5.99. The molecular formula is C32H31N2O5+. The summed E-state index contributed by atoms with van der Waals surface area (Å²) < 4.78 is 25.2. The van der Waals surface area contributed by atoms with E-state index in [0.29, 0.717) is 30.5 Å². The highest BCUT2D eigenvalue weighted by atomic mass is 16.7. The molecular weight excluding hydrogens is 492 g/mol. The van der Waals surface area contributed by atoms with Crippen LogP contribution in [0.4, 0.5) is 4.79 Å². The molecule has 39 heavy (non-hydrogen) atoms. The summed E-state index contributed by atoms with van der Waals surface area (Å²) in [5.41, 5.74) is 4.84. The zero-order chi connectivity index (χ0) is 26.3. The molecule has 3 aliphatic heterocycles. The van der Waals surface area contributed by atoms with Gasteiger partial charge in [0.05, 0.1) is 18.1 Å². The highest BCUT2D eigenvalue weighted by molar-refractivity contribution is 5.93. The van der Waals surface area contributed by atoms with E-state index in [9.17, 15) is 4.79 Å². The number of nitrogens with zero attached hydrogens (tertiary/aromatic N) is 2. The smallest absolute Gasteiger partial charge is 0.415 e. The molecule has 0 saturated carbocycles. The second kappa shape index (κ2) is 9.80. The first-order chi connectivity index (χ1) is 19.2. The van der Waals surface area contributed by atoms with Gasteiger partial charge in [0.2, 0.25) is 12.5 Å². The van der Waals surface area contributed by atoms with Crippen LogP contribution in [-0.2, 0) is 19.4 Å².